The zero-order valence-electron chi connectivity index (χ0n) is 10.3. The van der Waals surface area contributed by atoms with Crippen LogP contribution in [0.15, 0.2) is 40.9 Å². The molecule has 0 amide bonds. The van der Waals surface area contributed by atoms with Gasteiger partial charge < -0.3 is 0 Å². The topological polar surface area (TPSA) is 38.0 Å². The first-order valence-electron chi connectivity index (χ1n) is 5.86. The highest BCUT2D eigenvalue weighted by Crippen LogP contribution is 2.26. The molecule has 6 heteroatoms. The Labute approximate surface area is 122 Å². The monoisotopic (exact) mass is 344 g/mol. The molecule has 3 N–H and O–H groups in total. The molecular weight excluding hydrogens is 333 g/mol. The van der Waals surface area contributed by atoms with Crippen molar-refractivity contribution in [3.8, 4) is 0 Å². The van der Waals surface area contributed by atoms with Crippen LogP contribution in [0.4, 0.5) is 13.2 Å². The summed E-state index contributed by atoms with van der Waals surface area (Å²) >= 11 is 3.29. The highest BCUT2D eigenvalue weighted by atomic mass is 79.9. The summed E-state index contributed by atoms with van der Waals surface area (Å²) in [5.41, 5.74) is 3.14. The van der Waals surface area contributed by atoms with E-state index in [2.05, 4.69) is 21.4 Å². The second kappa shape index (κ2) is 6.39. The lowest BCUT2D eigenvalue weighted by Crippen LogP contribution is -2.30. The highest BCUT2D eigenvalue weighted by Gasteiger charge is 2.17. The van der Waals surface area contributed by atoms with Gasteiger partial charge in [0.1, 0.15) is 17.5 Å². The molecule has 0 aliphatic heterocycles. The Hall–Kier alpha value is -1.37. The van der Waals surface area contributed by atoms with E-state index in [9.17, 15) is 13.2 Å². The van der Waals surface area contributed by atoms with Crippen LogP contribution in [0, 0.1) is 17.5 Å². The number of hydrogen-bond acceptors (Lipinski definition) is 2. The predicted octanol–water partition coefficient (Wildman–Crippen LogP) is 3.61. The van der Waals surface area contributed by atoms with Crippen molar-refractivity contribution < 1.29 is 13.2 Å². The van der Waals surface area contributed by atoms with Crippen molar-refractivity contribution >= 4 is 15.9 Å². The Morgan fingerprint density at radius 1 is 1.05 bits per heavy atom. The molecule has 20 heavy (non-hydrogen) atoms. The standard InChI is InChI=1S/C14H12BrF3N2/c15-12-3-1-9(16)5-8(12)6-14(20-19)11-7-10(17)2-4-13(11)18/h1-5,7,14,20H,6,19H2. The van der Waals surface area contributed by atoms with Crippen molar-refractivity contribution in [1.29, 1.82) is 0 Å². The van der Waals surface area contributed by atoms with Gasteiger partial charge in [-0.1, -0.05) is 15.9 Å². The quantitative estimate of drug-likeness (QED) is 0.656. The Morgan fingerprint density at radius 2 is 1.70 bits per heavy atom. The van der Waals surface area contributed by atoms with Crippen molar-refractivity contribution in [2.75, 3.05) is 0 Å². The molecule has 0 fully saturated rings. The molecule has 2 aromatic carbocycles. The van der Waals surface area contributed by atoms with E-state index in [1.807, 2.05) is 0 Å². The summed E-state index contributed by atoms with van der Waals surface area (Å²) in [5, 5.41) is 0. The van der Waals surface area contributed by atoms with Crippen molar-refractivity contribution in [2.45, 2.75) is 12.5 Å². The number of benzene rings is 2. The molecule has 0 aliphatic carbocycles. The fourth-order valence-electron chi connectivity index (χ4n) is 1.96. The molecule has 1 atom stereocenters. The predicted molar refractivity (Wildman–Crippen MR) is 74.2 cm³/mol. The van der Waals surface area contributed by atoms with Gasteiger partial charge in [0.25, 0.3) is 0 Å². The fraction of sp³-hybridized carbons (Fsp3) is 0.143. The van der Waals surface area contributed by atoms with Gasteiger partial charge in [-0.3, -0.25) is 11.3 Å². The maximum Gasteiger partial charge on any atom is 0.128 e. The molecule has 0 aliphatic rings. The van der Waals surface area contributed by atoms with E-state index in [-0.39, 0.29) is 12.0 Å². The summed E-state index contributed by atoms with van der Waals surface area (Å²) in [7, 11) is 0. The van der Waals surface area contributed by atoms with E-state index in [1.54, 1.807) is 6.07 Å². The molecule has 2 nitrogen and oxygen atoms in total. The Balaban J connectivity index is 2.33. The summed E-state index contributed by atoms with van der Waals surface area (Å²) < 4.78 is 40.9. The van der Waals surface area contributed by atoms with Gasteiger partial charge in [0.15, 0.2) is 0 Å². The number of nitrogens with one attached hydrogen (secondary N) is 1. The number of hydrazine groups is 1. The van der Waals surface area contributed by atoms with Crippen LogP contribution in [0.25, 0.3) is 0 Å². The molecule has 0 bridgehead atoms. The van der Waals surface area contributed by atoms with Crippen LogP contribution in [-0.2, 0) is 6.42 Å². The van der Waals surface area contributed by atoms with Gasteiger partial charge in [0.05, 0.1) is 6.04 Å². The summed E-state index contributed by atoms with van der Waals surface area (Å²) in [4.78, 5) is 0. The minimum Gasteiger partial charge on any atom is -0.271 e. The van der Waals surface area contributed by atoms with Crippen LogP contribution in [0.5, 0.6) is 0 Å². The first-order chi connectivity index (χ1) is 9.51. The molecule has 106 valence electrons. The molecule has 0 saturated carbocycles. The van der Waals surface area contributed by atoms with Gasteiger partial charge in [-0.25, -0.2) is 13.2 Å². The van der Waals surface area contributed by atoms with Gasteiger partial charge in [0, 0.05) is 10.0 Å². The molecule has 2 rings (SSSR count). The van der Waals surface area contributed by atoms with Crippen molar-refractivity contribution in [3.05, 3.63) is 69.4 Å². The lowest BCUT2D eigenvalue weighted by Gasteiger charge is -2.18. The highest BCUT2D eigenvalue weighted by molar-refractivity contribution is 9.10. The van der Waals surface area contributed by atoms with Crippen LogP contribution in [0.3, 0.4) is 0 Å². The maximum absolute atomic E-state index is 13.7. The first-order valence-corrected chi connectivity index (χ1v) is 6.65. The second-order valence-corrected chi connectivity index (χ2v) is 5.18. The van der Waals surface area contributed by atoms with E-state index in [0.29, 0.717) is 10.0 Å². The van der Waals surface area contributed by atoms with Gasteiger partial charge in [0.2, 0.25) is 0 Å². The van der Waals surface area contributed by atoms with Gasteiger partial charge in [-0.15, -0.1) is 0 Å². The lowest BCUT2D eigenvalue weighted by molar-refractivity contribution is 0.501. The Kier molecular flexibility index (Phi) is 4.80. The molecule has 0 saturated heterocycles. The van der Waals surface area contributed by atoms with E-state index in [4.69, 9.17) is 5.84 Å². The Morgan fingerprint density at radius 3 is 2.40 bits per heavy atom. The second-order valence-electron chi connectivity index (χ2n) is 4.32. The van der Waals surface area contributed by atoms with Crippen LogP contribution < -0.4 is 11.3 Å². The largest absolute Gasteiger partial charge is 0.271 e. The molecule has 0 spiro atoms. The van der Waals surface area contributed by atoms with Crippen molar-refractivity contribution in [2.24, 2.45) is 5.84 Å². The van der Waals surface area contributed by atoms with Crippen LogP contribution >= 0.6 is 15.9 Å². The van der Waals surface area contributed by atoms with E-state index < -0.39 is 23.5 Å². The summed E-state index contributed by atoms with van der Waals surface area (Å²) in [6.45, 7) is 0. The van der Waals surface area contributed by atoms with E-state index in [1.165, 1.54) is 12.1 Å². The lowest BCUT2D eigenvalue weighted by atomic mass is 9.98. The molecule has 0 radical (unpaired) electrons. The number of hydrogen-bond donors (Lipinski definition) is 2. The van der Waals surface area contributed by atoms with Crippen LogP contribution in [-0.4, -0.2) is 0 Å². The maximum atomic E-state index is 13.7. The van der Waals surface area contributed by atoms with Crippen molar-refractivity contribution in [1.82, 2.24) is 5.43 Å². The van der Waals surface area contributed by atoms with Crippen LogP contribution in [0.1, 0.15) is 17.2 Å². The zero-order valence-corrected chi connectivity index (χ0v) is 11.9. The number of halogens is 4. The summed E-state index contributed by atoms with van der Waals surface area (Å²) in [5.74, 6) is 3.88. The molecular formula is C14H12BrF3N2. The minimum absolute atomic E-state index is 0.101. The number of rotatable bonds is 4. The Bertz CT molecular complexity index is 619. The van der Waals surface area contributed by atoms with E-state index >= 15 is 0 Å². The first kappa shape index (κ1) is 15.0. The van der Waals surface area contributed by atoms with E-state index in [0.717, 1.165) is 18.2 Å². The van der Waals surface area contributed by atoms with Gasteiger partial charge >= 0.3 is 0 Å². The molecule has 2 aromatic rings. The third kappa shape index (κ3) is 3.39. The average molecular weight is 345 g/mol. The van der Waals surface area contributed by atoms with Crippen molar-refractivity contribution in [3.63, 3.8) is 0 Å². The fourth-order valence-corrected chi connectivity index (χ4v) is 2.37. The van der Waals surface area contributed by atoms with Gasteiger partial charge in [-0.05, 0) is 48.4 Å². The summed E-state index contributed by atoms with van der Waals surface area (Å²) in [6, 6.07) is 6.67. The number of nitrogens with two attached hydrogens (primary N) is 1. The summed E-state index contributed by atoms with van der Waals surface area (Å²) in [6.07, 6.45) is 0.217. The minimum atomic E-state index is -0.663. The molecule has 0 aromatic heterocycles. The molecule has 0 heterocycles. The smallest absolute Gasteiger partial charge is 0.128 e. The molecule has 1 unspecified atom stereocenters. The third-order valence-corrected chi connectivity index (χ3v) is 3.74. The zero-order chi connectivity index (χ0) is 14.7. The average Bonchev–Trinajstić information content (AvgIpc) is 2.42. The SMILES string of the molecule is NNC(Cc1cc(F)ccc1Br)c1cc(F)ccc1F. The van der Waals surface area contributed by atoms with Gasteiger partial charge in [-0.2, -0.15) is 0 Å². The normalized spacial score (nSPS) is 12.4. The van der Waals surface area contributed by atoms with Crippen LogP contribution in [0.2, 0.25) is 0 Å². The third-order valence-electron chi connectivity index (χ3n) is 2.97.